The third-order valence-electron chi connectivity index (χ3n) is 3.66. The van der Waals surface area contributed by atoms with Crippen molar-refractivity contribution in [1.82, 2.24) is 9.55 Å². The summed E-state index contributed by atoms with van der Waals surface area (Å²) in [6.45, 7) is -0.792. The van der Waals surface area contributed by atoms with Crippen molar-refractivity contribution in [3.8, 4) is 0 Å². The fourth-order valence-electron chi connectivity index (χ4n) is 2.58. The summed E-state index contributed by atoms with van der Waals surface area (Å²) >= 11 is 0. The molecule has 98 valence electrons. The monoisotopic (exact) mass is 260 g/mol. The smallest absolute Gasteiger partial charge is 0.330 e. The molecule has 1 saturated heterocycles. The minimum absolute atomic E-state index is 0.0699. The predicted octanol–water partition coefficient (Wildman–Crippen LogP) is -0.548. The fourth-order valence-corrected chi connectivity index (χ4v) is 2.58. The van der Waals surface area contributed by atoms with E-state index in [1.807, 2.05) is 4.98 Å². The number of nitrogens with one attached hydrogen (secondary N) is 1. The number of aliphatic hydroxyl groups excluding tert-OH is 1. The lowest BCUT2D eigenvalue weighted by Crippen LogP contribution is -2.35. The number of hydrogen-bond acceptors (Lipinski definition) is 4. The highest BCUT2D eigenvalue weighted by atomic mass is 19.3. The highest BCUT2D eigenvalue weighted by Gasteiger charge is 2.85. The van der Waals surface area contributed by atoms with E-state index in [0.29, 0.717) is 0 Å². The van der Waals surface area contributed by atoms with Crippen LogP contribution in [0.15, 0.2) is 21.9 Å². The van der Waals surface area contributed by atoms with E-state index in [2.05, 4.69) is 0 Å². The molecule has 3 rings (SSSR count). The summed E-state index contributed by atoms with van der Waals surface area (Å²) in [5.74, 6) is -4.14. The van der Waals surface area contributed by atoms with E-state index >= 15 is 0 Å². The third kappa shape index (κ3) is 1.21. The van der Waals surface area contributed by atoms with Gasteiger partial charge in [0.2, 0.25) is 0 Å². The maximum Gasteiger partial charge on any atom is 0.330 e. The first-order valence-electron chi connectivity index (χ1n) is 5.40. The number of aromatic nitrogens is 2. The number of ether oxygens (including phenoxy) is 1. The van der Waals surface area contributed by atoms with E-state index in [-0.39, 0.29) is 6.42 Å². The molecule has 2 heterocycles. The Bertz CT molecular complexity index is 610. The Balaban J connectivity index is 1.91. The fraction of sp³-hybridized carbons (Fsp3) is 0.600. The zero-order chi connectivity index (χ0) is 13.1. The van der Waals surface area contributed by atoms with Crippen LogP contribution in [0.4, 0.5) is 8.78 Å². The molecule has 3 atom stereocenters. The van der Waals surface area contributed by atoms with E-state index < -0.39 is 41.5 Å². The first kappa shape index (κ1) is 11.5. The first-order chi connectivity index (χ1) is 8.42. The molecular weight excluding hydrogens is 250 g/mol. The van der Waals surface area contributed by atoms with E-state index in [1.54, 1.807) is 0 Å². The molecule has 0 unspecified atom stereocenters. The number of fused-ring (bicyclic) bond motifs is 1. The number of alkyl halides is 2. The molecule has 1 aliphatic heterocycles. The number of rotatable bonds is 2. The molecule has 0 spiro atoms. The molecule has 2 N–H and O–H groups in total. The van der Waals surface area contributed by atoms with Gasteiger partial charge in [-0.3, -0.25) is 14.3 Å². The normalized spacial score (nSPS) is 36.4. The van der Waals surface area contributed by atoms with Crippen LogP contribution in [-0.4, -0.2) is 32.8 Å². The number of aliphatic hydroxyl groups is 1. The van der Waals surface area contributed by atoms with E-state index in [4.69, 9.17) is 9.84 Å². The van der Waals surface area contributed by atoms with Gasteiger partial charge in [0.15, 0.2) is 5.60 Å². The Morgan fingerprint density at radius 2 is 2.28 bits per heavy atom. The van der Waals surface area contributed by atoms with Crippen LogP contribution in [0, 0.1) is 5.92 Å². The van der Waals surface area contributed by atoms with Crippen LogP contribution < -0.4 is 11.2 Å². The van der Waals surface area contributed by atoms with Crippen molar-refractivity contribution >= 4 is 0 Å². The van der Waals surface area contributed by atoms with E-state index in [1.165, 1.54) is 6.20 Å². The molecule has 0 amide bonds. The van der Waals surface area contributed by atoms with Crippen LogP contribution in [0.25, 0.3) is 0 Å². The van der Waals surface area contributed by atoms with E-state index in [0.717, 1.165) is 10.6 Å². The van der Waals surface area contributed by atoms with Crippen molar-refractivity contribution < 1.29 is 18.6 Å². The van der Waals surface area contributed by atoms with Crippen molar-refractivity contribution in [2.75, 3.05) is 6.61 Å². The molecule has 0 radical (unpaired) electrons. The number of aromatic amines is 1. The number of halogens is 2. The molecule has 0 bridgehead atoms. The highest BCUT2D eigenvalue weighted by Crippen LogP contribution is 2.69. The summed E-state index contributed by atoms with van der Waals surface area (Å²) in [5.41, 5.74) is -3.15. The van der Waals surface area contributed by atoms with Gasteiger partial charge in [0.1, 0.15) is 6.23 Å². The predicted molar refractivity (Wildman–Crippen MR) is 54.3 cm³/mol. The van der Waals surface area contributed by atoms with Gasteiger partial charge in [0, 0.05) is 18.7 Å². The van der Waals surface area contributed by atoms with Crippen molar-refractivity contribution in [3.63, 3.8) is 0 Å². The van der Waals surface area contributed by atoms with Gasteiger partial charge in [-0.15, -0.1) is 0 Å². The Hall–Kier alpha value is -1.54. The maximum absolute atomic E-state index is 13.3. The van der Waals surface area contributed by atoms with Crippen LogP contribution >= 0.6 is 0 Å². The largest absolute Gasteiger partial charge is 0.393 e. The topological polar surface area (TPSA) is 84.3 Å². The van der Waals surface area contributed by atoms with Crippen molar-refractivity contribution in [3.05, 3.63) is 33.1 Å². The summed E-state index contributed by atoms with van der Waals surface area (Å²) in [5, 5.41) is 9.03. The van der Waals surface area contributed by atoms with Gasteiger partial charge in [-0.25, -0.2) is 13.6 Å². The Morgan fingerprint density at radius 3 is 2.83 bits per heavy atom. The number of H-pyrrole nitrogens is 1. The maximum atomic E-state index is 13.3. The molecule has 18 heavy (non-hydrogen) atoms. The van der Waals surface area contributed by atoms with Crippen LogP contribution in [-0.2, 0) is 4.74 Å². The second-order valence-corrected chi connectivity index (χ2v) is 4.55. The SMILES string of the molecule is O=c1ccn([C@H]2C[C@@H]3C(F)(F)[C@]3(CO)O2)c(=O)[nH]1. The van der Waals surface area contributed by atoms with Crippen LogP contribution in [0.1, 0.15) is 12.6 Å². The zero-order valence-corrected chi connectivity index (χ0v) is 9.10. The zero-order valence-electron chi connectivity index (χ0n) is 9.10. The summed E-state index contributed by atoms with van der Waals surface area (Å²) < 4.78 is 32.8. The van der Waals surface area contributed by atoms with Crippen molar-refractivity contribution in [1.29, 1.82) is 0 Å². The van der Waals surface area contributed by atoms with Gasteiger partial charge < -0.3 is 9.84 Å². The minimum atomic E-state index is -3.05. The Kier molecular flexibility index (Phi) is 2.09. The standard InChI is InChI=1S/C10H10F2N2O4/c11-10(12)5-3-7(18-9(5,10)4-15)14-2-1-6(16)13-8(14)17/h1-2,5,7,15H,3-4H2,(H,13,16,17)/t5-,7+,9+/m0/s1. The quantitative estimate of drug-likeness (QED) is 0.747. The average Bonchev–Trinajstić information content (AvgIpc) is 2.63. The highest BCUT2D eigenvalue weighted by molar-refractivity contribution is 5.24. The molecule has 1 aromatic heterocycles. The molecule has 2 aliphatic rings. The summed E-state index contributed by atoms with van der Waals surface area (Å²) in [6, 6.07) is 1.11. The molecule has 8 heteroatoms. The lowest BCUT2D eigenvalue weighted by Gasteiger charge is -2.20. The summed E-state index contributed by atoms with van der Waals surface area (Å²) in [4.78, 5) is 24.4. The minimum Gasteiger partial charge on any atom is -0.393 e. The molecule has 2 fully saturated rings. The average molecular weight is 260 g/mol. The second kappa shape index (κ2) is 3.27. The molecule has 0 aromatic carbocycles. The Labute approximate surface area is 98.8 Å². The van der Waals surface area contributed by atoms with Gasteiger partial charge in [0.05, 0.1) is 12.5 Å². The number of nitrogens with zero attached hydrogens (tertiary/aromatic N) is 1. The van der Waals surface area contributed by atoms with Gasteiger partial charge >= 0.3 is 5.69 Å². The van der Waals surface area contributed by atoms with E-state index in [9.17, 15) is 18.4 Å². The lowest BCUT2D eigenvalue weighted by atomic mass is 10.2. The summed E-state index contributed by atoms with van der Waals surface area (Å²) in [7, 11) is 0. The van der Waals surface area contributed by atoms with Gasteiger partial charge in [0.25, 0.3) is 11.5 Å². The molecular formula is C10H10F2N2O4. The molecule has 1 aromatic rings. The van der Waals surface area contributed by atoms with Gasteiger partial charge in [-0.1, -0.05) is 0 Å². The molecule has 1 saturated carbocycles. The lowest BCUT2D eigenvalue weighted by molar-refractivity contribution is -0.131. The van der Waals surface area contributed by atoms with Crippen molar-refractivity contribution in [2.24, 2.45) is 5.92 Å². The second-order valence-electron chi connectivity index (χ2n) is 4.55. The molecule has 1 aliphatic carbocycles. The Morgan fingerprint density at radius 1 is 1.56 bits per heavy atom. The first-order valence-corrected chi connectivity index (χ1v) is 5.40. The van der Waals surface area contributed by atoms with Gasteiger partial charge in [-0.2, -0.15) is 0 Å². The summed E-state index contributed by atoms with van der Waals surface area (Å²) in [6.07, 6.45) is 0.241. The number of hydrogen-bond donors (Lipinski definition) is 2. The van der Waals surface area contributed by atoms with Crippen LogP contribution in [0.2, 0.25) is 0 Å². The van der Waals surface area contributed by atoms with Crippen LogP contribution in [0.5, 0.6) is 0 Å². The van der Waals surface area contributed by atoms with Crippen LogP contribution in [0.3, 0.4) is 0 Å². The van der Waals surface area contributed by atoms with Crippen molar-refractivity contribution in [2.45, 2.75) is 24.2 Å². The molecule has 6 nitrogen and oxygen atoms in total. The van der Waals surface area contributed by atoms with Gasteiger partial charge in [-0.05, 0) is 0 Å². The third-order valence-corrected chi connectivity index (χ3v) is 3.66.